The minimum absolute atomic E-state index is 0. The number of nitrogens with one attached hydrogen (secondary N) is 2. The standard InChI is InChI=1S/C15H31N3O2.HI/c1-7-12(8-2)10-17-14(16-9-3)18-11-13(19)20-15(4,5)6;/h12H,7-11H2,1-6H3,(H2,16,17,18);1H. The molecule has 0 aromatic rings. The quantitative estimate of drug-likeness (QED) is 0.292. The van der Waals surface area contributed by atoms with Gasteiger partial charge in [-0.2, -0.15) is 0 Å². The van der Waals surface area contributed by atoms with E-state index in [4.69, 9.17) is 4.74 Å². The van der Waals surface area contributed by atoms with Crippen molar-refractivity contribution in [1.82, 2.24) is 10.6 Å². The van der Waals surface area contributed by atoms with Crippen LogP contribution in [0.3, 0.4) is 0 Å². The molecule has 0 aromatic carbocycles. The molecule has 0 unspecified atom stereocenters. The van der Waals surface area contributed by atoms with E-state index in [0.717, 1.165) is 25.9 Å². The fourth-order valence-corrected chi connectivity index (χ4v) is 1.68. The molecule has 6 heteroatoms. The molecule has 0 aliphatic rings. The minimum atomic E-state index is -0.464. The summed E-state index contributed by atoms with van der Waals surface area (Å²) in [6.07, 6.45) is 2.27. The number of nitrogens with zero attached hydrogens (tertiary/aromatic N) is 1. The van der Waals surface area contributed by atoms with E-state index in [1.807, 2.05) is 27.7 Å². The third-order valence-corrected chi connectivity index (χ3v) is 2.84. The van der Waals surface area contributed by atoms with Gasteiger partial charge in [0.15, 0.2) is 5.96 Å². The lowest BCUT2D eigenvalue weighted by molar-refractivity contribution is -0.152. The average molecular weight is 413 g/mol. The van der Waals surface area contributed by atoms with E-state index >= 15 is 0 Å². The van der Waals surface area contributed by atoms with Crippen molar-refractivity contribution >= 4 is 35.9 Å². The van der Waals surface area contributed by atoms with Crippen LogP contribution < -0.4 is 10.6 Å². The van der Waals surface area contributed by atoms with Crippen molar-refractivity contribution in [2.45, 2.75) is 60.0 Å². The zero-order valence-electron chi connectivity index (χ0n) is 14.3. The lowest BCUT2D eigenvalue weighted by Gasteiger charge is -2.19. The molecule has 0 atom stereocenters. The lowest BCUT2D eigenvalue weighted by atomic mass is 10.0. The molecular weight excluding hydrogens is 381 g/mol. The summed E-state index contributed by atoms with van der Waals surface area (Å²) >= 11 is 0. The predicted molar refractivity (Wildman–Crippen MR) is 99.3 cm³/mol. The van der Waals surface area contributed by atoms with Crippen LogP contribution >= 0.6 is 24.0 Å². The van der Waals surface area contributed by atoms with Crippen molar-refractivity contribution in [3.63, 3.8) is 0 Å². The van der Waals surface area contributed by atoms with Crippen molar-refractivity contribution in [2.75, 3.05) is 19.6 Å². The molecule has 0 spiro atoms. The molecule has 0 aromatic heterocycles. The minimum Gasteiger partial charge on any atom is -0.459 e. The van der Waals surface area contributed by atoms with E-state index in [-0.39, 0.29) is 36.5 Å². The Morgan fingerprint density at radius 3 is 2.14 bits per heavy atom. The average Bonchev–Trinajstić information content (AvgIpc) is 2.34. The lowest BCUT2D eigenvalue weighted by Crippen LogP contribution is -2.40. The summed E-state index contributed by atoms with van der Waals surface area (Å²) in [5.41, 5.74) is -0.464. The Labute approximate surface area is 146 Å². The molecule has 0 bridgehead atoms. The number of ether oxygens (including phenoxy) is 1. The Hall–Kier alpha value is -0.530. The van der Waals surface area contributed by atoms with Crippen molar-refractivity contribution in [3.05, 3.63) is 0 Å². The highest BCUT2D eigenvalue weighted by Gasteiger charge is 2.15. The third-order valence-electron chi connectivity index (χ3n) is 2.84. The fourth-order valence-electron chi connectivity index (χ4n) is 1.68. The van der Waals surface area contributed by atoms with E-state index in [2.05, 4.69) is 29.5 Å². The number of aliphatic imine (C=N–C) groups is 1. The largest absolute Gasteiger partial charge is 0.459 e. The summed E-state index contributed by atoms with van der Waals surface area (Å²) < 4.78 is 5.23. The van der Waals surface area contributed by atoms with Crippen molar-refractivity contribution in [3.8, 4) is 0 Å². The van der Waals surface area contributed by atoms with Crippen LogP contribution in [0.1, 0.15) is 54.4 Å². The first-order chi connectivity index (χ1) is 9.32. The number of halogens is 1. The topological polar surface area (TPSA) is 62.7 Å². The molecular formula is C15H32IN3O2. The number of hydrogen-bond acceptors (Lipinski definition) is 3. The van der Waals surface area contributed by atoms with Gasteiger partial charge in [-0.15, -0.1) is 24.0 Å². The molecule has 0 aliphatic carbocycles. The van der Waals surface area contributed by atoms with Crippen LogP contribution in [0.5, 0.6) is 0 Å². The summed E-state index contributed by atoms with van der Waals surface area (Å²) in [6, 6.07) is 0. The Balaban J connectivity index is 0. The first kappa shape index (κ1) is 22.7. The van der Waals surface area contributed by atoms with Gasteiger partial charge in [0.1, 0.15) is 12.1 Å². The Morgan fingerprint density at radius 1 is 1.14 bits per heavy atom. The maximum atomic E-state index is 11.6. The Morgan fingerprint density at radius 2 is 1.71 bits per heavy atom. The summed E-state index contributed by atoms with van der Waals surface area (Å²) in [4.78, 5) is 15.9. The molecule has 0 rings (SSSR count). The molecule has 0 heterocycles. The number of carbonyl (C=O) groups excluding carboxylic acids is 1. The highest BCUT2D eigenvalue weighted by atomic mass is 127. The number of rotatable bonds is 7. The number of hydrogen-bond donors (Lipinski definition) is 2. The summed E-state index contributed by atoms with van der Waals surface area (Å²) in [5.74, 6) is 0.989. The van der Waals surface area contributed by atoms with Gasteiger partial charge in [0.25, 0.3) is 0 Å². The molecule has 126 valence electrons. The summed E-state index contributed by atoms with van der Waals surface area (Å²) in [5, 5.41) is 6.41. The molecule has 5 nitrogen and oxygen atoms in total. The van der Waals surface area contributed by atoms with E-state index in [9.17, 15) is 4.79 Å². The highest BCUT2D eigenvalue weighted by molar-refractivity contribution is 14.0. The van der Waals surface area contributed by atoms with Gasteiger partial charge in [-0.25, -0.2) is 4.99 Å². The fraction of sp³-hybridized carbons (Fsp3) is 0.867. The molecule has 0 radical (unpaired) electrons. The van der Waals surface area contributed by atoms with Gasteiger partial charge in [0.05, 0.1) is 0 Å². The first-order valence-electron chi connectivity index (χ1n) is 7.56. The summed E-state index contributed by atoms with van der Waals surface area (Å²) in [6.45, 7) is 13.6. The van der Waals surface area contributed by atoms with Gasteiger partial charge in [-0.3, -0.25) is 4.79 Å². The van der Waals surface area contributed by atoms with E-state index in [1.165, 1.54) is 0 Å². The van der Waals surface area contributed by atoms with Crippen molar-refractivity contribution in [2.24, 2.45) is 10.9 Å². The number of carbonyl (C=O) groups is 1. The second-order valence-corrected chi connectivity index (χ2v) is 5.85. The zero-order chi connectivity index (χ0) is 15.6. The molecule has 2 N–H and O–H groups in total. The second kappa shape index (κ2) is 12.1. The van der Waals surface area contributed by atoms with Crippen LogP contribution in [-0.4, -0.2) is 37.2 Å². The van der Waals surface area contributed by atoms with Crippen LogP contribution in [0.4, 0.5) is 0 Å². The summed E-state index contributed by atoms with van der Waals surface area (Å²) in [7, 11) is 0. The van der Waals surface area contributed by atoms with Crippen LogP contribution in [-0.2, 0) is 9.53 Å². The predicted octanol–water partition coefficient (Wildman–Crippen LogP) is 2.94. The second-order valence-electron chi connectivity index (χ2n) is 5.85. The Kier molecular flexibility index (Phi) is 13.1. The van der Waals surface area contributed by atoms with Gasteiger partial charge in [0.2, 0.25) is 0 Å². The van der Waals surface area contributed by atoms with Crippen LogP contribution in [0.25, 0.3) is 0 Å². The Bertz CT molecular complexity index is 311. The van der Waals surface area contributed by atoms with Gasteiger partial charge in [-0.1, -0.05) is 26.7 Å². The van der Waals surface area contributed by atoms with Gasteiger partial charge in [-0.05, 0) is 33.6 Å². The zero-order valence-corrected chi connectivity index (χ0v) is 16.6. The van der Waals surface area contributed by atoms with Gasteiger partial charge in [0, 0.05) is 13.1 Å². The van der Waals surface area contributed by atoms with E-state index in [0.29, 0.717) is 11.9 Å². The number of guanidine groups is 1. The van der Waals surface area contributed by atoms with Crippen molar-refractivity contribution < 1.29 is 9.53 Å². The van der Waals surface area contributed by atoms with E-state index in [1.54, 1.807) is 0 Å². The SMILES string of the molecule is CCNC(=NCC(=O)OC(C)(C)C)NCC(CC)CC.I. The smallest absolute Gasteiger partial charge is 0.328 e. The first-order valence-corrected chi connectivity index (χ1v) is 7.56. The third kappa shape index (κ3) is 12.9. The molecule has 0 fully saturated rings. The van der Waals surface area contributed by atoms with E-state index < -0.39 is 5.60 Å². The highest BCUT2D eigenvalue weighted by Crippen LogP contribution is 2.07. The van der Waals surface area contributed by atoms with Gasteiger partial charge >= 0.3 is 5.97 Å². The van der Waals surface area contributed by atoms with Crippen LogP contribution in [0.15, 0.2) is 4.99 Å². The van der Waals surface area contributed by atoms with Crippen LogP contribution in [0.2, 0.25) is 0 Å². The molecule has 21 heavy (non-hydrogen) atoms. The molecule has 0 saturated carbocycles. The van der Waals surface area contributed by atoms with Crippen LogP contribution in [0, 0.1) is 5.92 Å². The number of esters is 1. The normalized spacial score (nSPS) is 11.9. The van der Waals surface area contributed by atoms with Gasteiger partial charge < -0.3 is 15.4 Å². The molecule has 0 saturated heterocycles. The maximum absolute atomic E-state index is 11.6. The maximum Gasteiger partial charge on any atom is 0.328 e. The van der Waals surface area contributed by atoms with Crippen molar-refractivity contribution in [1.29, 1.82) is 0 Å². The molecule has 0 amide bonds. The molecule has 0 aliphatic heterocycles. The monoisotopic (exact) mass is 413 g/mol.